The topological polar surface area (TPSA) is 52.6 Å². The zero-order chi connectivity index (χ0) is 19.1. The highest BCUT2D eigenvalue weighted by Gasteiger charge is 2.12. The van der Waals surface area contributed by atoms with Crippen molar-refractivity contribution in [3.05, 3.63) is 46.5 Å². The molecule has 150 valence electrons. The fourth-order valence-corrected chi connectivity index (χ4v) is 3.09. The monoisotopic (exact) mass is 509 g/mol. The van der Waals surface area contributed by atoms with Crippen LogP contribution >= 0.6 is 35.3 Å². The molecule has 0 aliphatic carbocycles. The number of nitrogens with zero attached hydrogens (tertiary/aromatic N) is 3. The highest BCUT2D eigenvalue weighted by molar-refractivity contribution is 14.0. The van der Waals surface area contributed by atoms with Crippen molar-refractivity contribution < 1.29 is 8.78 Å². The third kappa shape index (κ3) is 7.21. The molecule has 2 aromatic rings. The molecule has 1 aromatic carbocycles. The highest BCUT2D eigenvalue weighted by atomic mass is 127. The van der Waals surface area contributed by atoms with Gasteiger partial charge in [0.05, 0.1) is 12.2 Å². The van der Waals surface area contributed by atoms with Gasteiger partial charge in [0.15, 0.2) is 11.1 Å². The summed E-state index contributed by atoms with van der Waals surface area (Å²) in [5.74, 6) is -0.582. The van der Waals surface area contributed by atoms with E-state index < -0.39 is 11.6 Å². The summed E-state index contributed by atoms with van der Waals surface area (Å²) in [6.07, 6.45) is 0. The van der Waals surface area contributed by atoms with Gasteiger partial charge in [-0.2, -0.15) is 0 Å². The number of halogens is 3. The van der Waals surface area contributed by atoms with Crippen LogP contribution in [0.2, 0.25) is 0 Å². The van der Waals surface area contributed by atoms with Gasteiger partial charge in [0.2, 0.25) is 0 Å². The molecule has 0 aliphatic heterocycles. The van der Waals surface area contributed by atoms with E-state index in [0.717, 1.165) is 16.9 Å². The van der Waals surface area contributed by atoms with Crippen LogP contribution in [0.4, 0.5) is 13.9 Å². The Labute approximate surface area is 180 Å². The zero-order valence-electron chi connectivity index (χ0n) is 15.9. The van der Waals surface area contributed by atoms with Gasteiger partial charge >= 0.3 is 0 Å². The van der Waals surface area contributed by atoms with Crippen molar-refractivity contribution in [1.82, 2.24) is 15.6 Å². The number of thiazole rings is 1. The molecule has 1 heterocycles. The molecule has 27 heavy (non-hydrogen) atoms. The van der Waals surface area contributed by atoms with Crippen molar-refractivity contribution in [2.45, 2.75) is 26.3 Å². The van der Waals surface area contributed by atoms with Gasteiger partial charge in [-0.25, -0.2) is 18.8 Å². The number of guanidine groups is 1. The van der Waals surface area contributed by atoms with E-state index >= 15 is 0 Å². The number of anilines is 1. The Hall–Kier alpha value is -1.49. The number of nitrogens with one attached hydrogen (secondary N) is 2. The molecule has 2 rings (SSSR count). The Morgan fingerprint density at radius 2 is 2.04 bits per heavy atom. The molecule has 9 heteroatoms. The Morgan fingerprint density at radius 1 is 1.30 bits per heavy atom. The van der Waals surface area contributed by atoms with Crippen LogP contribution in [0.5, 0.6) is 0 Å². The van der Waals surface area contributed by atoms with Crippen LogP contribution in [-0.4, -0.2) is 38.1 Å². The van der Waals surface area contributed by atoms with E-state index in [1.807, 2.05) is 38.2 Å². The molecule has 1 atom stereocenters. The predicted octanol–water partition coefficient (Wildman–Crippen LogP) is 3.96. The normalized spacial score (nSPS) is 12.3. The van der Waals surface area contributed by atoms with Gasteiger partial charge in [0.25, 0.3) is 0 Å². The van der Waals surface area contributed by atoms with Gasteiger partial charge in [-0.1, -0.05) is 13.0 Å². The van der Waals surface area contributed by atoms with Gasteiger partial charge in [-0.3, -0.25) is 0 Å². The molecule has 0 amide bonds. The second-order valence-corrected chi connectivity index (χ2v) is 7.00. The Morgan fingerprint density at radius 3 is 2.63 bits per heavy atom. The van der Waals surface area contributed by atoms with E-state index in [4.69, 9.17) is 0 Å². The Kier molecular flexibility index (Phi) is 9.92. The largest absolute Gasteiger partial charge is 0.357 e. The van der Waals surface area contributed by atoms with Gasteiger partial charge in [0, 0.05) is 44.5 Å². The SMILES string of the molecule is CCNC(=NCc1csc(N(C)C)n1)NCC(C)c1ccc(F)cc1F.I. The molecule has 1 aromatic heterocycles. The number of hydrogen-bond donors (Lipinski definition) is 2. The van der Waals surface area contributed by atoms with Crippen LogP contribution in [0.3, 0.4) is 0 Å². The summed E-state index contributed by atoms with van der Waals surface area (Å²) >= 11 is 1.57. The maximum atomic E-state index is 13.9. The van der Waals surface area contributed by atoms with Crippen LogP contribution in [0.1, 0.15) is 31.0 Å². The molecule has 0 saturated heterocycles. The van der Waals surface area contributed by atoms with Gasteiger partial charge < -0.3 is 15.5 Å². The number of rotatable bonds is 7. The lowest BCUT2D eigenvalue weighted by Crippen LogP contribution is -2.39. The van der Waals surface area contributed by atoms with E-state index in [-0.39, 0.29) is 29.9 Å². The van der Waals surface area contributed by atoms with Crippen LogP contribution in [0.15, 0.2) is 28.6 Å². The fraction of sp³-hybridized carbons (Fsp3) is 0.444. The maximum Gasteiger partial charge on any atom is 0.191 e. The number of hydrogen-bond acceptors (Lipinski definition) is 4. The first kappa shape index (κ1) is 23.5. The second-order valence-electron chi connectivity index (χ2n) is 6.16. The van der Waals surface area contributed by atoms with Gasteiger partial charge in [0.1, 0.15) is 11.6 Å². The summed E-state index contributed by atoms with van der Waals surface area (Å²) in [6.45, 7) is 5.52. The summed E-state index contributed by atoms with van der Waals surface area (Å²) in [5, 5.41) is 9.29. The summed E-state index contributed by atoms with van der Waals surface area (Å²) in [5.41, 5.74) is 1.37. The molecule has 0 bridgehead atoms. The van der Waals surface area contributed by atoms with Crippen molar-refractivity contribution in [3.63, 3.8) is 0 Å². The van der Waals surface area contributed by atoms with Crippen molar-refractivity contribution in [1.29, 1.82) is 0 Å². The van der Waals surface area contributed by atoms with Crippen LogP contribution < -0.4 is 15.5 Å². The van der Waals surface area contributed by atoms with Crippen LogP contribution in [-0.2, 0) is 6.54 Å². The lowest BCUT2D eigenvalue weighted by Gasteiger charge is -2.16. The van der Waals surface area contributed by atoms with Crippen molar-refractivity contribution in [2.75, 3.05) is 32.1 Å². The molecule has 0 spiro atoms. The quantitative estimate of drug-likeness (QED) is 0.337. The first-order valence-electron chi connectivity index (χ1n) is 8.49. The lowest BCUT2D eigenvalue weighted by molar-refractivity contribution is 0.556. The zero-order valence-corrected chi connectivity index (χ0v) is 19.1. The van der Waals surface area contributed by atoms with Crippen LogP contribution in [0.25, 0.3) is 0 Å². The fourth-order valence-electron chi connectivity index (χ4n) is 2.34. The molecule has 0 aliphatic rings. The van der Waals surface area contributed by atoms with Crippen molar-refractivity contribution in [3.8, 4) is 0 Å². The molecule has 0 saturated carbocycles. The first-order chi connectivity index (χ1) is 12.4. The standard InChI is InChI=1S/C18H25F2N5S.HI/c1-5-21-17(23-10-14-11-26-18(24-14)25(3)4)22-9-12(2)15-7-6-13(19)8-16(15)20;/h6-8,11-12H,5,9-10H2,1-4H3,(H2,21,22,23);1H. The number of aliphatic imine (C=N–C) groups is 1. The summed E-state index contributed by atoms with van der Waals surface area (Å²) in [7, 11) is 3.90. The minimum atomic E-state index is -0.568. The molecular formula is C18H26F2IN5S. The number of benzene rings is 1. The first-order valence-corrected chi connectivity index (χ1v) is 9.37. The van der Waals surface area contributed by atoms with E-state index in [1.165, 1.54) is 12.1 Å². The minimum absolute atomic E-state index is 0. The van der Waals surface area contributed by atoms with Gasteiger partial charge in [-0.05, 0) is 18.6 Å². The predicted molar refractivity (Wildman–Crippen MR) is 119 cm³/mol. The summed E-state index contributed by atoms with van der Waals surface area (Å²) in [4.78, 5) is 11.0. The third-order valence-electron chi connectivity index (χ3n) is 3.73. The van der Waals surface area contributed by atoms with E-state index in [2.05, 4.69) is 20.6 Å². The molecule has 5 nitrogen and oxygen atoms in total. The molecule has 0 radical (unpaired) electrons. The maximum absolute atomic E-state index is 13.9. The van der Waals surface area contributed by atoms with Gasteiger partial charge in [-0.15, -0.1) is 35.3 Å². The van der Waals surface area contributed by atoms with Crippen molar-refractivity contribution >= 4 is 46.4 Å². The summed E-state index contributed by atoms with van der Waals surface area (Å²) in [6, 6.07) is 3.67. The summed E-state index contributed by atoms with van der Waals surface area (Å²) < 4.78 is 26.9. The van der Waals surface area contributed by atoms with E-state index in [9.17, 15) is 8.78 Å². The number of aromatic nitrogens is 1. The van der Waals surface area contributed by atoms with Crippen LogP contribution in [0, 0.1) is 11.6 Å². The average Bonchev–Trinajstić information content (AvgIpc) is 3.06. The molecule has 2 N–H and O–H groups in total. The molecular weight excluding hydrogens is 483 g/mol. The molecule has 0 fully saturated rings. The second kappa shape index (κ2) is 11.4. The minimum Gasteiger partial charge on any atom is -0.357 e. The lowest BCUT2D eigenvalue weighted by atomic mass is 10.0. The average molecular weight is 509 g/mol. The van der Waals surface area contributed by atoms with Crippen molar-refractivity contribution in [2.24, 2.45) is 4.99 Å². The third-order valence-corrected chi connectivity index (χ3v) is 4.79. The highest BCUT2D eigenvalue weighted by Crippen LogP contribution is 2.20. The van der Waals surface area contributed by atoms with E-state index in [1.54, 1.807) is 11.3 Å². The molecule has 1 unspecified atom stereocenters. The smallest absolute Gasteiger partial charge is 0.191 e. The Balaban J connectivity index is 0.00000364. The Bertz CT molecular complexity index is 751. The van der Waals surface area contributed by atoms with E-state index in [0.29, 0.717) is 31.2 Å².